The summed E-state index contributed by atoms with van der Waals surface area (Å²) >= 11 is 3.23. The molecule has 0 aliphatic carbocycles. The van der Waals surface area contributed by atoms with E-state index in [4.69, 9.17) is 4.74 Å². The minimum Gasteiger partial charge on any atom is -0.490 e. The van der Waals surface area contributed by atoms with Crippen molar-refractivity contribution in [2.24, 2.45) is 0 Å². The first-order valence-electron chi connectivity index (χ1n) is 6.20. The number of anilines is 1. The summed E-state index contributed by atoms with van der Waals surface area (Å²) in [4.78, 5) is 0. The third-order valence-electron chi connectivity index (χ3n) is 2.71. The maximum Gasteiger partial charge on any atom is 0.147 e. The van der Waals surface area contributed by atoms with Crippen LogP contribution in [0.4, 0.5) is 10.1 Å². The van der Waals surface area contributed by atoms with Crippen molar-refractivity contribution in [3.05, 3.63) is 71.0 Å². The molecule has 0 aliphatic rings. The van der Waals surface area contributed by atoms with Gasteiger partial charge in [-0.15, -0.1) is 0 Å². The van der Waals surface area contributed by atoms with Gasteiger partial charge in [0, 0.05) is 11.0 Å². The number of benzene rings is 2. The highest BCUT2D eigenvalue weighted by Gasteiger charge is 2.02. The van der Waals surface area contributed by atoms with Crippen molar-refractivity contribution in [1.82, 2.24) is 0 Å². The van der Waals surface area contributed by atoms with Gasteiger partial charge in [0.2, 0.25) is 0 Å². The summed E-state index contributed by atoms with van der Waals surface area (Å²) in [5.74, 6) is 0.522. The van der Waals surface area contributed by atoms with Crippen LogP contribution in [0.25, 0.3) is 0 Å². The van der Waals surface area contributed by atoms with E-state index >= 15 is 0 Å². The van der Waals surface area contributed by atoms with Gasteiger partial charge in [-0.25, -0.2) is 4.39 Å². The highest BCUT2D eigenvalue weighted by Crippen LogP contribution is 2.20. The Labute approximate surface area is 126 Å². The van der Waals surface area contributed by atoms with Crippen LogP contribution in [0.1, 0.15) is 5.56 Å². The van der Waals surface area contributed by atoms with Gasteiger partial charge in [-0.1, -0.05) is 40.7 Å². The van der Waals surface area contributed by atoms with Crippen molar-refractivity contribution in [3.63, 3.8) is 0 Å². The second-order valence-electron chi connectivity index (χ2n) is 4.22. The Kier molecular flexibility index (Phi) is 5.18. The predicted octanol–water partition coefficient (Wildman–Crippen LogP) is 4.77. The van der Waals surface area contributed by atoms with E-state index in [2.05, 4.69) is 27.8 Å². The van der Waals surface area contributed by atoms with Gasteiger partial charge in [0.1, 0.15) is 18.2 Å². The van der Waals surface area contributed by atoms with Gasteiger partial charge in [0.05, 0.1) is 5.69 Å². The van der Waals surface area contributed by atoms with Crippen molar-refractivity contribution in [2.45, 2.75) is 6.54 Å². The van der Waals surface area contributed by atoms with Crippen molar-refractivity contribution in [2.75, 3.05) is 11.9 Å². The first-order valence-corrected chi connectivity index (χ1v) is 7.00. The molecule has 2 aromatic carbocycles. The SMILES string of the molecule is C=CCOc1ccc(CNc2ccc(Br)cc2F)cc1. The lowest BCUT2D eigenvalue weighted by Crippen LogP contribution is -2.01. The number of nitrogens with one attached hydrogen (secondary N) is 1. The molecule has 0 radical (unpaired) electrons. The number of hydrogen-bond donors (Lipinski definition) is 1. The summed E-state index contributed by atoms with van der Waals surface area (Å²) in [6.07, 6.45) is 1.70. The van der Waals surface area contributed by atoms with Gasteiger partial charge in [-0.05, 0) is 35.9 Å². The summed E-state index contributed by atoms with van der Waals surface area (Å²) < 4.78 is 19.8. The maximum atomic E-state index is 13.6. The van der Waals surface area contributed by atoms with Crippen LogP contribution in [0.2, 0.25) is 0 Å². The van der Waals surface area contributed by atoms with Crippen LogP contribution in [0.3, 0.4) is 0 Å². The third kappa shape index (κ3) is 4.10. The van der Waals surface area contributed by atoms with Crippen LogP contribution in [-0.4, -0.2) is 6.61 Å². The topological polar surface area (TPSA) is 21.3 Å². The molecule has 4 heteroatoms. The first-order chi connectivity index (χ1) is 9.69. The molecule has 2 aromatic rings. The standard InChI is InChI=1S/C16H15BrFNO/c1-2-9-20-14-6-3-12(4-7-14)11-19-16-8-5-13(17)10-15(16)18/h2-8,10,19H,1,9,11H2. The van der Waals surface area contributed by atoms with Gasteiger partial charge in [-0.2, -0.15) is 0 Å². The first kappa shape index (κ1) is 14.6. The molecule has 20 heavy (non-hydrogen) atoms. The highest BCUT2D eigenvalue weighted by molar-refractivity contribution is 9.10. The van der Waals surface area contributed by atoms with E-state index in [0.29, 0.717) is 18.8 Å². The molecule has 0 bridgehead atoms. The average molecular weight is 336 g/mol. The molecule has 0 spiro atoms. The van der Waals surface area contributed by atoms with Gasteiger partial charge in [0.25, 0.3) is 0 Å². The predicted molar refractivity (Wildman–Crippen MR) is 83.6 cm³/mol. The van der Waals surface area contributed by atoms with E-state index in [1.54, 1.807) is 18.2 Å². The molecular weight excluding hydrogens is 321 g/mol. The molecule has 0 unspecified atom stereocenters. The van der Waals surface area contributed by atoms with E-state index in [1.165, 1.54) is 6.07 Å². The lowest BCUT2D eigenvalue weighted by atomic mass is 10.2. The Morgan fingerprint density at radius 3 is 2.60 bits per heavy atom. The second kappa shape index (κ2) is 7.10. The van der Waals surface area contributed by atoms with Crippen LogP contribution < -0.4 is 10.1 Å². The van der Waals surface area contributed by atoms with Crippen LogP contribution in [0.15, 0.2) is 59.6 Å². The summed E-state index contributed by atoms with van der Waals surface area (Å²) in [6.45, 7) is 4.64. The fourth-order valence-corrected chi connectivity index (χ4v) is 2.02. The molecule has 0 atom stereocenters. The van der Waals surface area contributed by atoms with E-state index in [1.807, 2.05) is 24.3 Å². The third-order valence-corrected chi connectivity index (χ3v) is 3.20. The average Bonchev–Trinajstić information content (AvgIpc) is 2.45. The number of rotatable bonds is 6. The molecular formula is C16H15BrFNO. The van der Waals surface area contributed by atoms with E-state index < -0.39 is 0 Å². The Morgan fingerprint density at radius 1 is 1.20 bits per heavy atom. The van der Waals surface area contributed by atoms with E-state index in [9.17, 15) is 4.39 Å². The van der Waals surface area contributed by atoms with Gasteiger partial charge in [0.15, 0.2) is 0 Å². The summed E-state index contributed by atoms with van der Waals surface area (Å²) in [7, 11) is 0. The molecule has 2 nitrogen and oxygen atoms in total. The largest absolute Gasteiger partial charge is 0.490 e. The molecule has 0 saturated heterocycles. The minimum atomic E-state index is -0.273. The molecule has 0 aliphatic heterocycles. The Hall–Kier alpha value is -1.81. The lowest BCUT2D eigenvalue weighted by Gasteiger charge is -2.09. The fraction of sp³-hybridized carbons (Fsp3) is 0.125. The molecule has 1 N–H and O–H groups in total. The summed E-state index contributed by atoms with van der Waals surface area (Å²) in [5, 5.41) is 3.07. The van der Waals surface area contributed by atoms with Gasteiger partial charge in [-0.3, -0.25) is 0 Å². The van der Waals surface area contributed by atoms with E-state index in [0.717, 1.165) is 15.8 Å². The fourth-order valence-electron chi connectivity index (χ4n) is 1.69. The lowest BCUT2D eigenvalue weighted by molar-refractivity contribution is 0.363. The molecule has 0 heterocycles. The number of hydrogen-bond acceptors (Lipinski definition) is 2. The normalized spacial score (nSPS) is 10.1. The molecule has 2 rings (SSSR count). The molecule has 0 saturated carbocycles. The zero-order valence-electron chi connectivity index (χ0n) is 10.9. The smallest absolute Gasteiger partial charge is 0.147 e. The minimum absolute atomic E-state index is 0.273. The summed E-state index contributed by atoms with van der Waals surface area (Å²) in [5.41, 5.74) is 1.54. The van der Waals surface area contributed by atoms with Crippen LogP contribution in [-0.2, 0) is 6.54 Å². The monoisotopic (exact) mass is 335 g/mol. The van der Waals surface area contributed by atoms with Crippen molar-refractivity contribution >= 4 is 21.6 Å². The number of ether oxygens (including phenoxy) is 1. The molecule has 0 amide bonds. The quantitative estimate of drug-likeness (QED) is 0.768. The maximum absolute atomic E-state index is 13.6. The Balaban J connectivity index is 1.95. The highest BCUT2D eigenvalue weighted by atomic mass is 79.9. The molecule has 0 aromatic heterocycles. The molecule has 104 valence electrons. The zero-order chi connectivity index (χ0) is 14.4. The Bertz CT molecular complexity index is 584. The van der Waals surface area contributed by atoms with Crippen molar-refractivity contribution in [3.8, 4) is 5.75 Å². The van der Waals surface area contributed by atoms with E-state index in [-0.39, 0.29) is 5.82 Å². The summed E-state index contributed by atoms with van der Waals surface area (Å²) in [6, 6.07) is 12.6. The van der Waals surface area contributed by atoms with Crippen LogP contribution in [0, 0.1) is 5.82 Å². The Morgan fingerprint density at radius 2 is 1.95 bits per heavy atom. The van der Waals surface area contributed by atoms with Crippen molar-refractivity contribution in [1.29, 1.82) is 0 Å². The second-order valence-corrected chi connectivity index (χ2v) is 5.14. The van der Waals surface area contributed by atoms with Gasteiger partial charge >= 0.3 is 0 Å². The van der Waals surface area contributed by atoms with Gasteiger partial charge < -0.3 is 10.1 Å². The van der Waals surface area contributed by atoms with Crippen LogP contribution >= 0.6 is 15.9 Å². The number of halogens is 2. The molecule has 0 fully saturated rings. The van der Waals surface area contributed by atoms with Crippen LogP contribution in [0.5, 0.6) is 5.75 Å². The zero-order valence-corrected chi connectivity index (χ0v) is 12.5. The van der Waals surface area contributed by atoms with Crippen molar-refractivity contribution < 1.29 is 9.13 Å².